The molecule has 0 saturated heterocycles. The largest absolute Gasteiger partial charge is 0.324 e. The molecule has 0 saturated carbocycles. The summed E-state index contributed by atoms with van der Waals surface area (Å²) in [5.74, 6) is -0.189. The van der Waals surface area contributed by atoms with Crippen LogP contribution in [-0.4, -0.2) is 46.8 Å². The Morgan fingerprint density at radius 2 is 2.00 bits per heavy atom. The molecule has 0 unspecified atom stereocenters. The van der Waals surface area contributed by atoms with Gasteiger partial charge in [-0.15, -0.1) is 0 Å². The quantitative estimate of drug-likeness (QED) is 0.502. The second kappa shape index (κ2) is 7.95. The number of carbonyl (C=O) groups is 1. The predicted molar refractivity (Wildman–Crippen MR) is 115 cm³/mol. The van der Waals surface area contributed by atoms with Gasteiger partial charge in [-0.05, 0) is 31.3 Å². The van der Waals surface area contributed by atoms with Crippen molar-refractivity contribution >= 4 is 34.3 Å². The molecule has 1 aliphatic heterocycles. The highest BCUT2D eigenvalue weighted by atomic mass is 32.2. The molecule has 7 heteroatoms. The smallest absolute Gasteiger partial charge is 0.238 e. The van der Waals surface area contributed by atoms with Crippen molar-refractivity contribution in [2.45, 2.75) is 30.2 Å². The number of hydrogen-bond donors (Lipinski definition) is 2. The fraction of sp³-hybridized carbons (Fsp3) is 0.333. The average Bonchev–Trinajstić information content (AvgIpc) is 3.10. The number of benzene rings is 2. The van der Waals surface area contributed by atoms with Gasteiger partial charge in [-0.25, -0.2) is 0 Å². The molecule has 3 N–H and O–H groups in total. The van der Waals surface area contributed by atoms with Gasteiger partial charge in [0.05, 0.1) is 24.3 Å². The Morgan fingerprint density at radius 1 is 1.21 bits per heavy atom. The Kier molecular flexibility index (Phi) is 5.39. The Balaban J connectivity index is 1.83. The fourth-order valence-corrected chi connectivity index (χ4v) is 4.82. The van der Waals surface area contributed by atoms with E-state index in [1.807, 2.05) is 18.2 Å². The number of nitrogens with zero attached hydrogens (tertiary/aromatic N) is 3. The van der Waals surface area contributed by atoms with E-state index in [1.165, 1.54) is 0 Å². The Bertz CT molecular complexity index is 1030. The van der Waals surface area contributed by atoms with Crippen LogP contribution in [0.4, 0.5) is 5.69 Å². The topological polar surface area (TPSA) is 76.2 Å². The maximum absolute atomic E-state index is 11.9. The van der Waals surface area contributed by atoms with Crippen molar-refractivity contribution in [1.29, 1.82) is 0 Å². The molecule has 1 amide bonds. The number of hydrogen-bond acceptors (Lipinski definition) is 5. The van der Waals surface area contributed by atoms with Crippen LogP contribution in [0.2, 0.25) is 0 Å². The summed E-state index contributed by atoms with van der Waals surface area (Å²) in [6.45, 7) is 8.18. The van der Waals surface area contributed by atoms with Crippen LogP contribution in [0.25, 0.3) is 22.2 Å². The molecule has 1 aliphatic rings. The van der Waals surface area contributed by atoms with Crippen LogP contribution < -0.4 is 11.1 Å². The average molecular weight is 396 g/mol. The van der Waals surface area contributed by atoms with Gasteiger partial charge in [0.15, 0.2) is 0 Å². The molecule has 2 aromatic carbocycles. The Hall–Kier alpha value is -2.35. The molecule has 0 bridgehead atoms. The lowest BCUT2D eigenvalue weighted by atomic mass is 10.1. The lowest BCUT2D eigenvalue weighted by Gasteiger charge is -2.18. The molecular weight excluding hydrogens is 370 g/mol. The van der Waals surface area contributed by atoms with Crippen molar-refractivity contribution in [1.82, 2.24) is 14.7 Å². The highest BCUT2D eigenvalue weighted by Gasteiger charge is 2.26. The lowest BCUT2D eigenvalue weighted by molar-refractivity contribution is -0.114. The van der Waals surface area contributed by atoms with Crippen molar-refractivity contribution < 1.29 is 4.79 Å². The zero-order valence-corrected chi connectivity index (χ0v) is 17.1. The maximum atomic E-state index is 11.9. The normalized spacial score (nSPS) is 12.4. The van der Waals surface area contributed by atoms with Crippen LogP contribution in [-0.2, 0) is 11.3 Å². The van der Waals surface area contributed by atoms with Crippen molar-refractivity contribution in [2.75, 3.05) is 31.5 Å². The van der Waals surface area contributed by atoms with Crippen LogP contribution in [0.1, 0.15) is 13.8 Å². The molecule has 4 rings (SSSR count). The van der Waals surface area contributed by atoms with E-state index in [0.717, 1.165) is 63.8 Å². The first-order valence-electron chi connectivity index (χ1n) is 9.69. The number of amides is 1. The highest BCUT2D eigenvalue weighted by Crippen LogP contribution is 2.50. The molecule has 1 aromatic heterocycles. The van der Waals surface area contributed by atoms with E-state index in [0.29, 0.717) is 0 Å². The summed E-state index contributed by atoms with van der Waals surface area (Å²) in [7, 11) is 0. The van der Waals surface area contributed by atoms with Gasteiger partial charge < -0.3 is 16.0 Å². The number of carbonyl (C=O) groups excluding carboxylic acids is 1. The molecule has 0 aliphatic carbocycles. The highest BCUT2D eigenvalue weighted by molar-refractivity contribution is 8.00. The maximum Gasteiger partial charge on any atom is 0.238 e. The number of nitrogens with one attached hydrogen (secondary N) is 1. The predicted octanol–water partition coefficient (Wildman–Crippen LogP) is 3.41. The third-order valence-electron chi connectivity index (χ3n) is 5.21. The third kappa shape index (κ3) is 3.30. The van der Waals surface area contributed by atoms with E-state index >= 15 is 0 Å². The van der Waals surface area contributed by atoms with Gasteiger partial charge in [0, 0.05) is 27.3 Å². The minimum absolute atomic E-state index is 0.0330. The molecular formula is C21H25N5OS. The standard InChI is InChI=1S/C21H25N5OS/c1-3-25(4-2)11-12-26-16-10-9-15(23-18(27)13-22)21-19(16)20(24-26)14-7-5-6-8-17(14)28-21/h5-10H,3-4,11-13,22H2,1-2H3,(H,23,27). The minimum atomic E-state index is -0.189. The van der Waals surface area contributed by atoms with Gasteiger partial charge in [-0.2, -0.15) is 5.10 Å². The molecule has 0 fully saturated rings. The van der Waals surface area contributed by atoms with Gasteiger partial charge in [0.25, 0.3) is 0 Å². The summed E-state index contributed by atoms with van der Waals surface area (Å²) in [6.07, 6.45) is 0. The molecule has 0 radical (unpaired) electrons. The van der Waals surface area contributed by atoms with Gasteiger partial charge >= 0.3 is 0 Å². The first-order valence-corrected chi connectivity index (χ1v) is 10.5. The second-order valence-corrected chi connectivity index (χ2v) is 7.84. The number of likely N-dealkylation sites (N-methyl/N-ethyl adjacent to an activating group) is 1. The van der Waals surface area contributed by atoms with E-state index in [1.54, 1.807) is 11.8 Å². The van der Waals surface area contributed by atoms with Crippen molar-refractivity contribution in [2.24, 2.45) is 5.73 Å². The Morgan fingerprint density at radius 3 is 2.75 bits per heavy atom. The summed E-state index contributed by atoms with van der Waals surface area (Å²) in [5, 5.41) is 9.03. The van der Waals surface area contributed by atoms with Gasteiger partial charge in [0.2, 0.25) is 5.91 Å². The van der Waals surface area contributed by atoms with Gasteiger partial charge in [-0.1, -0.05) is 43.8 Å². The van der Waals surface area contributed by atoms with E-state index < -0.39 is 0 Å². The lowest BCUT2D eigenvalue weighted by Crippen LogP contribution is -2.27. The molecule has 0 spiro atoms. The van der Waals surface area contributed by atoms with Crippen LogP contribution in [0.3, 0.4) is 0 Å². The van der Waals surface area contributed by atoms with Gasteiger partial charge in [-0.3, -0.25) is 9.48 Å². The summed E-state index contributed by atoms with van der Waals surface area (Å²) in [4.78, 5) is 16.5. The van der Waals surface area contributed by atoms with E-state index in [4.69, 9.17) is 10.8 Å². The molecule has 2 heterocycles. The number of fused-ring (bicyclic) bond motifs is 2. The number of rotatable bonds is 7. The Labute approximate surface area is 169 Å². The molecule has 0 atom stereocenters. The van der Waals surface area contributed by atoms with Crippen LogP contribution in [0.15, 0.2) is 46.2 Å². The third-order valence-corrected chi connectivity index (χ3v) is 6.41. The van der Waals surface area contributed by atoms with Gasteiger partial charge in [0.1, 0.15) is 5.69 Å². The SMILES string of the molecule is CCN(CC)CCn1nc2c3c(c(NC(=O)CN)ccc31)Sc1ccccc1-2. The van der Waals surface area contributed by atoms with Crippen molar-refractivity contribution in [3.8, 4) is 11.3 Å². The summed E-state index contributed by atoms with van der Waals surface area (Å²) in [6, 6.07) is 12.3. The first-order chi connectivity index (χ1) is 13.7. The second-order valence-electron chi connectivity index (χ2n) is 6.79. The van der Waals surface area contributed by atoms with Crippen molar-refractivity contribution in [3.63, 3.8) is 0 Å². The summed E-state index contributed by atoms with van der Waals surface area (Å²) in [5.41, 5.74) is 9.54. The fourth-order valence-electron chi connectivity index (χ4n) is 3.64. The molecule has 3 aromatic rings. The zero-order valence-electron chi connectivity index (χ0n) is 16.2. The van der Waals surface area contributed by atoms with Crippen molar-refractivity contribution in [3.05, 3.63) is 36.4 Å². The van der Waals surface area contributed by atoms with Crippen LogP contribution in [0, 0.1) is 0 Å². The summed E-state index contributed by atoms with van der Waals surface area (Å²) >= 11 is 1.68. The summed E-state index contributed by atoms with van der Waals surface area (Å²) < 4.78 is 2.10. The first kappa shape index (κ1) is 19.0. The van der Waals surface area contributed by atoms with Crippen LogP contribution >= 0.6 is 11.8 Å². The number of nitrogens with two attached hydrogens (primary N) is 1. The molecule has 146 valence electrons. The monoisotopic (exact) mass is 395 g/mol. The number of anilines is 1. The zero-order chi connectivity index (χ0) is 19.7. The van der Waals surface area contributed by atoms with E-state index in [2.05, 4.69) is 46.9 Å². The van der Waals surface area contributed by atoms with E-state index in [-0.39, 0.29) is 12.5 Å². The molecule has 6 nitrogen and oxygen atoms in total. The minimum Gasteiger partial charge on any atom is -0.324 e. The van der Waals surface area contributed by atoms with Crippen LogP contribution in [0.5, 0.6) is 0 Å². The molecule has 28 heavy (non-hydrogen) atoms. The van der Waals surface area contributed by atoms with E-state index in [9.17, 15) is 4.79 Å². The number of aromatic nitrogens is 2.